The summed E-state index contributed by atoms with van der Waals surface area (Å²) in [6.07, 6.45) is 0. The molecule has 51 heavy (non-hydrogen) atoms. The SMILES string of the molecule is c1ccc2cc(-c3ccc(-c4c5ccccc5c(-c5cccc6oc7cc8ccccc8cc7c56)c5ccccc45)c4ccccc34)ccc2c1. The Labute approximate surface area is 294 Å². The van der Waals surface area contributed by atoms with E-state index in [1.54, 1.807) is 0 Å². The molecule has 0 radical (unpaired) electrons. The molecule has 0 atom stereocenters. The second-order valence-corrected chi connectivity index (χ2v) is 13.6. The quantitative estimate of drug-likeness (QED) is 0.174. The average Bonchev–Trinajstić information content (AvgIpc) is 3.56. The fraction of sp³-hybridized carbons (Fsp3) is 0. The molecule has 0 amide bonds. The molecule has 0 aliphatic heterocycles. The molecule has 236 valence electrons. The third-order valence-electron chi connectivity index (χ3n) is 10.8. The van der Waals surface area contributed by atoms with Gasteiger partial charge in [0.05, 0.1) is 0 Å². The van der Waals surface area contributed by atoms with Crippen LogP contribution in [0.25, 0.3) is 109 Å². The molecule has 1 heterocycles. The zero-order valence-corrected chi connectivity index (χ0v) is 27.7. The lowest BCUT2D eigenvalue weighted by atomic mass is 9.83. The van der Waals surface area contributed by atoms with Crippen molar-refractivity contribution in [1.29, 1.82) is 0 Å². The first kappa shape index (κ1) is 28.2. The van der Waals surface area contributed by atoms with E-state index in [1.807, 2.05) is 0 Å². The average molecular weight is 647 g/mol. The molecule has 1 aromatic heterocycles. The minimum absolute atomic E-state index is 0.908. The first-order chi connectivity index (χ1) is 25.3. The number of fused-ring (bicyclic) bond motifs is 8. The van der Waals surface area contributed by atoms with Gasteiger partial charge in [-0.2, -0.15) is 0 Å². The normalized spacial score (nSPS) is 11.9. The van der Waals surface area contributed by atoms with E-state index >= 15 is 0 Å². The predicted octanol–water partition coefficient (Wildman–Crippen LogP) is 14.4. The summed E-state index contributed by atoms with van der Waals surface area (Å²) < 4.78 is 6.56. The van der Waals surface area contributed by atoms with Gasteiger partial charge in [-0.3, -0.25) is 0 Å². The summed E-state index contributed by atoms with van der Waals surface area (Å²) in [5.74, 6) is 0. The van der Waals surface area contributed by atoms with Crippen molar-refractivity contribution in [3.63, 3.8) is 0 Å². The van der Waals surface area contributed by atoms with Gasteiger partial charge in [-0.05, 0) is 112 Å². The first-order valence-corrected chi connectivity index (χ1v) is 17.6. The van der Waals surface area contributed by atoms with Crippen LogP contribution in [0.15, 0.2) is 186 Å². The maximum atomic E-state index is 6.56. The van der Waals surface area contributed by atoms with E-state index in [9.17, 15) is 0 Å². The molecule has 0 bridgehead atoms. The zero-order chi connectivity index (χ0) is 33.5. The fourth-order valence-electron chi connectivity index (χ4n) is 8.55. The number of furan rings is 1. The van der Waals surface area contributed by atoms with Crippen LogP contribution in [0.5, 0.6) is 0 Å². The summed E-state index contributed by atoms with van der Waals surface area (Å²) in [4.78, 5) is 0. The van der Waals surface area contributed by atoms with Crippen molar-refractivity contribution >= 4 is 75.8 Å². The van der Waals surface area contributed by atoms with Crippen LogP contribution in [0.4, 0.5) is 0 Å². The van der Waals surface area contributed by atoms with E-state index in [4.69, 9.17) is 4.42 Å². The van der Waals surface area contributed by atoms with Crippen LogP contribution in [-0.2, 0) is 0 Å². The van der Waals surface area contributed by atoms with E-state index in [1.165, 1.54) is 87.2 Å². The molecule has 1 nitrogen and oxygen atoms in total. The number of benzene rings is 10. The van der Waals surface area contributed by atoms with Gasteiger partial charge in [-0.15, -0.1) is 0 Å². The predicted molar refractivity (Wildman–Crippen MR) is 218 cm³/mol. The fourth-order valence-corrected chi connectivity index (χ4v) is 8.55. The molecule has 10 aromatic carbocycles. The molecule has 0 aliphatic carbocycles. The Morgan fingerprint density at radius 3 is 1.45 bits per heavy atom. The van der Waals surface area contributed by atoms with Crippen LogP contribution in [0.3, 0.4) is 0 Å². The van der Waals surface area contributed by atoms with Gasteiger partial charge in [-0.25, -0.2) is 0 Å². The Balaban J connectivity index is 1.21. The lowest BCUT2D eigenvalue weighted by Gasteiger charge is -2.20. The third-order valence-corrected chi connectivity index (χ3v) is 10.8. The van der Waals surface area contributed by atoms with Gasteiger partial charge in [0, 0.05) is 10.8 Å². The highest BCUT2D eigenvalue weighted by atomic mass is 16.3. The highest BCUT2D eigenvalue weighted by molar-refractivity contribution is 6.27. The third kappa shape index (κ3) is 4.22. The monoisotopic (exact) mass is 646 g/mol. The summed E-state index contributed by atoms with van der Waals surface area (Å²) >= 11 is 0. The summed E-state index contributed by atoms with van der Waals surface area (Å²) in [5, 5.41) is 14.7. The highest BCUT2D eigenvalue weighted by Gasteiger charge is 2.21. The highest BCUT2D eigenvalue weighted by Crippen LogP contribution is 2.49. The molecule has 1 heteroatoms. The van der Waals surface area contributed by atoms with Crippen molar-refractivity contribution in [2.45, 2.75) is 0 Å². The Hall–Kier alpha value is -6.70. The van der Waals surface area contributed by atoms with Crippen LogP contribution >= 0.6 is 0 Å². The van der Waals surface area contributed by atoms with Crippen molar-refractivity contribution in [2.24, 2.45) is 0 Å². The van der Waals surface area contributed by atoms with Crippen molar-refractivity contribution in [3.05, 3.63) is 182 Å². The lowest BCUT2D eigenvalue weighted by Crippen LogP contribution is -1.93. The van der Waals surface area contributed by atoms with Crippen LogP contribution in [0.1, 0.15) is 0 Å². The number of hydrogen-bond acceptors (Lipinski definition) is 1. The molecule has 0 aliphatic rings. The number of hydrogen-bond donors (Lipinski definition) is 0. The van der Waals surface area contributed by atoms with E-state index < -0.39 is 0 Å². The van der Waals surface area contributed by atoms with Gasteiger partial charge >= 0.3 is 0 Å². The summed E-state index contributed by atoms with van der Waals surface area (Å²) in [5.41, 5.74) is 9.24. The van der Waals surface area contributed by atoms with Crippen LogP contribution in [-0.4, -0.2) is 0 Å². The minimum atomic E-state index is 0.908. The second kappa shape index (κ2) is 10.9. The molecule has 0 saturated heterocycles. The molecular weight excluding hydrogens is 617 g/mol. The molecule has 11 rings (SSSR count). The first-order valence-electron chi connectivity index (χ1n) is 17.6. The van der Waals surface area contributed by atoms with Crippen molar-refractivity contribution in [3.8, 4) is 33.4 Å². The van der Waals surface area contributed by atoms with Gasteiger partial charge in [-0.1, -0.05) is 158 Å². The standard InChI is InChI=1S/C50H30O/c1-2-13-32-28-35(25-24-31(32)12-1)36-26-27-43(38-17-6-5-16-37(36)38)48-39-18-7-9-20-41(39)49(42-21-10-8-19-40(42)48)44-22-11-23-46-50(44)45-29-33-14-3-4-15-34(33)30-47(45)51-46/h1-30H. The largest absolute Gasteiger partial charge is 0.456 e. The molecule has 11 aromatic rings. The van der Waals surface area contributed by atoms with E-state index in [0.717, 1.165) is 21.9 Å². The van der Waals surface area contributed by atoms with E-state index in [2.05, 4.69) is 182 Å². The summed E-state index contributed by atoms with van der Waals surface area (Å²) in [6, 6.07) is 66.4. The Kier molecular flexibility index (Phi) is 6.02. The maximum Gasteiger partial charge on any atom is 0.136 e. The van der Waals surface area contributed by atoms with Gasteiger partial charge in [0.15, 0.2) is 0 Å². The van der Waals surface area contributed by atoms with Gasteiger partial charge < -0.3 is 4.42 Å². The minimum Gasteiger partial charge on any atom is -0.456 e. The van der Waals surface area contributed by atoms with Crippen molar-refractivity contribution < 1.29 is 4.42 Å². The lowest BCUT2D eigenvalue weighted by molar-refractivity contribution is 0.669. The summed E-state index contributed by atoms with van der Waals surface area (Å²) in [7, 11) is 0. The van der Waals surface area contributed by atoms with Crippen molar-refractivity contribution in [2.75, 3.05) is 0 Å². The van der Waals surface area contributed by atoms with Crippen LogP contribution in [0.2, 0.25) is 0 Å². The molecule has 0 unspecified atom stereocenters. The Morgan fingerprint density at radius 2 is 0.784 bits per heavy atom. The van der Waals surface area contributed by atoms with Gasteiger partial charge in [0.2, 0.25) is 0 Å². The zero-order valence-electron chi connectivity index (χ0n) is 27.7. The molecule has 0 saturated carbocycles. The smallest absolute Gasteiger partial charge is 0.136 e. The topological polar surface area (TPSA) is 13.1 Å². The van der Waals surface area contributed by atoms with E-state index in [0.29, 0.717) is 0 Å². The second-order valence-electron chi connectivity index (χ2n) is 13.6. The van der Waals surface area contributed by atoms with Gasteiger partial charge in [0.1, 0.15) is 11.2 Å². The Bertz CT molecular complexity index is 3140. The molecule has 0 N–H and O–H groups in total. The maximum absolute atomic E-state index is 6.56. The molecular formula is C50H30O. The molecule has 0 fully saturated rings. The van der Waals surface area contributed by atoms with E-state index in [-0.39, 0.29) is 0 Å². The van der Waals surface area contributed by atoms with Crippen molar-refractivity contribution in [1.82, 2.24) is 0 Å². The van der Waals surface area contributed by atoms with Gasteiger partial charge in [0.25, 0.3) is 0 Å². The molecule has 0 spiro atoms. The summed E-state index contributed by atoms with van der Waals surface area (Å²) in [6.45, 7) is 0. The van der Waals surface area contributed by atoms with Crippen LogP contribution in [0, 0.1) is 0 Å². The van der Waals surface area contributed by atoms with Crippen LogP contribution < -0.4 is 0 Å². The number of rotatable bonds is 3. The Morgan fingerprint density at radius 1 is 0.275 bits per heavy atom.